The summed E-state index contributed by atoms with van der Waals surface area (Å²) in [7, 11) is 0. The summed E-state index contributed by atoms with van der Waals surface area (Å²) >= 11 is 3.47. The van der Waals surface area contributed by atoms with Gasteiger partial charge in [0.15, 0.2) is 0 Å². The molecule has 2 atom stereocenters. The maximum atomic E-state index is 12.3. The number of amides is 1. The lowest BCUT2D eigenvalue weighted by atomic mass is 9.83. The molecule has 0 radical (unpaired) electrons. The molecular formula is C16H18BrNO3. The Morgan fingerprint density at radius 1 is 1.33 bits per heavy atom. The molecular weight excluding hydrogens is 334 g/mol. The van der Waals surface area contributed by atoms with Crippen LogP contribution in [0.15, 0.2) is 22.7 Å². The van der Waals surface area contributed by atoms with Gasteiger partial charge in [0, 0.05) is 16.9 Å². The number of aryl methyl sites for hydroxylation is 1. The van der Waals surface area contributed by atoms with Gasteiger partial charge in [-0.15, -0.1) is 0 Å². The highest BCUT2D eigenvalue weighted by Gasteiger charge is 2.46. The van der Waals surface area contributed by atoms with Gasteiger partial charge in [-0.05, 0) is 43.4 Å². The van der Waals surface area contributed by atoms with Crippen LogP contribution in [0.5, 0.6) is 0 Å². The van der Waals surface area contributed by atoms with Gasteiger partial charge in [-0.2, -0.15) is 0 Å². The van der Waals surface area contributed by atoms with E-state index in [0.717, 1.165) is 28.4 Å². The molecule has 112 valence electrons. The van der Waals surface area contributed by atoms with Crippen molar-refractivity contribution in [3.05, 3.63) is 33.8 Å². The number of aliphatic carboxylic acids is 1. The number of halogens is 1. The first kappa shape index (κ1) is 14.6. The zero-order valence-corrected chi connectivity index (χ0v) is 13.5. The molecule has 0 bridgehead atoms. The van der Waals surface area contributed by atoms with Gasteiger partial charge in [0.05, 0.1) is 12.0 Å². The molecule has 1 aliphatic heterocycles. The van der Waals surface area contributed by atoms with E-state index >= 15 is 0 Å². The summed E-state index contributed by atoms with van der Waals surface area (Å²) in [5.41, 5.74) is 1.99. The maximum absolute atomic E-state index is 12.3. The van der Waals surface area contributed by atoms with E-state index in [2.05, 4.69) is 15.9 Å². The Bertz CT molecular complexity index is 597. The highest BCUT2D eigenvalue weighted by Crippen LogP contribution is 2.44. The number of rotatable bonds is 3. The number of hydrogen-bond donors (Lipinski definition) is 1. The minimum Gasteiger partial charge on any atom is -0.481 e. The number of carboxylic acids is 1. The number of hydrogen-bond acceptors (Lipinski definition) is 2. The zero-order chi connectivity index (χ0) is 15.1. The third-order valence-electron chi connectivity index (χ3n) is 4.42. The second kappa shape index (κ2) is 5.44. The number of likely N-dealkylation sites (tertiary alicyclic amines) is 1. The Hall–Kier alpha value is -1.36. The summed E-state index contributed by atoms with van der Waals surface area (Å²) in [6.45, 7) is 1.98. The second-order valence-electron chi connectivity index (χ2n) is 5.97. The molecule has 1 aliphatic carbocycles. The average Bonchev–Trinajstić information content (AvgIpc) is 3.25. The third kappa shape index (κ3) is 2.71. The molecule has 0 aromatic heterocycles. The number of piperidine rings is 1. The molecule has 1 saturated heterocycles. The van der Waals surface area contributed by atoms with Crippen molar-refractivity contribution in [2.75, 3.05) is 0 Å². The predicted molar refractivity (Wildman–Crippen MR) is 81.8 cm³/mol. The monoisotopic (exact) mass is 351 g/mol. The largest absolute Gasteiger partial charge is 0.481 e. The van der Waals surface area contributed by atoms with Gasteiger partial charge < -0.3 is 10.0 Å². The Balaban J connectivity index is 2.03. The number of benzene rings is 1. The van der Waals surface area contributed by atoms with E-state index < -0.39 is 11.9 Å². The van der Waals surface area contributed by atoms with E-state index in [4.69, 9.17) is 0 Å². The Kier molecular flexibility index (Phi) is 3.78. The molecule has 1 amide bonds. The second-order valence-corrected chi connectivity index (χ2v) is 6.82. The van der Waals surface area contributed by atoms with E-state index in [1.165, 1.54) is 0 Å². The first-order chi connectivity index (χ1) is 9.99. The van der Waals surface area contributed by atoms with Crippen molar-refractivity contribution in [1.29, 1.82) is 0 Å². The first-order valence-electron chi connectivity index (χ1n) is 7.29. The minimum absolute atomic E-state index is 0.0978. The summed E-state index contributed by atoms with van der Waals surface area (Å²) in [5.74, 6) is -1.22. The van der Waals surface area contributed by atoms with Crippen molar-refractivity contribution >= 4 is 27.8 Å². The minimum atomic E-state index is -0.807. The van der Waals surface area contributed by atoms with E-state index in [1.54, 1.807) is 0 Å². The normalized spacial score (nSPS) is 26.0. The Morgan fingerprint density at radius 2 is 2.05 bits per heavy atom. The van der Waals surface area contributed by atoms with Crippen molar-refractivity contribution in [2.24, 2.45) is 5.92 Å². The van der Waals surface area contributed by atoms with Crippen molar-refractivity contribution in [3.63, 3.8) is 0 Å². The van der Waals surface area contributed by atoms with Crippen molar-refractivity contribution in [2.45, 2.75) is 44.7 Å². The SMILES string of the molecule is Cc1cc(C2C(C(=O)O)CCC(=O)N2C2CC2)ccc1Br. The van der Waals surface area contributed by atoms with Crippen LogP contribution >= 0.6 is 15.9 Å². The lowest BCUT2D eigenvalue weighted by molar-refractivity contribution is -0.152. The van der Waals surface area contributed by atoms with Crippen LogP contribution in [-0.2, 0) is 9.59 Å². The van der Waals surface area contributed by atoms with Crippen molar-refractivity contribution in [1.82, 2.24) is 4.90 Å². The van der Waals surface area contributed by atoms with Gasteiger partial charge in [-0.25, -0.2) is 0 Å². The molecule has 3 rings (SSSR count). The lowest BCUT2D eigenvalue weighted by Gasteiger charge is -2.40. The molecule has 5 heteroatoms. The van der Waals surface area contributed by atoms with E-state index in [9.17, 15) is 14.7 Å². The number of carbonyl (C=O) groups is 2. The Labute approximate surface area is 132 Å². The first-order valence-corrected chi connectivity index (χ1v) is 8.08. The number of nitrogens with zero attached hydrogens (tertiary/aromatic N) is 1. The lowest BCUT2D eigenvalue weighted by Crippen LogP contribution is -2.46. The highest BCUT2D eigenvalue weighted by atomic mass is 79.9. The fourth-order valence-corrected chi connectivity index (χ4v) is 3.45. The van der Waals surface area contributed by atoms with Crippen molar-refractivity contribution in [3.8, 4) is 0 Å². The van der Waals surface area contributed by atoms with Gasteiger partial charge in [0.1, 0.15) is 0 Å². The standard InChI is InChI=1S/C16H18BrNO3/c1-9-8-10(2-6-13(9)17)15-12(16(20)21)5-7-14(19)18(15)11-3-4-11/h2,6,8,11-12,15H,3-5,7H2,1H3,(H,20,21). The maximum Gasteiger partial charge on any atom is 0.308 e. The van der Waals surface area contributed by atoms with Crippen LogP contribution in [0.1, 0.15) is 42.9 Å². The van der Waals surface area contributed by atoms with Gasteiger partial charge in [-0.3, -0.25) is 9.59 Å². The van der Waals surface area contributed by atoms with Crippen LogP contribution in [0.4, 0.5) is 0 Å². The summed E-state index contributed by atoms with van der Waals surface area (Å²) in [6.07, 6.45) is 2.75. The predicted octanol–water partition coefficient (Wildman–Crippen LogP) is 3.28. The van der Waals surface area contributed by atoms with Crippen LogP contribution in [0, 0.1) is 12.8 Å². The molecule has 1 aromatic rings. The summed E-state index contributed by atoms with van der Waals surface area (Å²) in [6, 6.07) is 5.77. The molecule has 21 heavy (non-hydrogen) atoms. The Morgan fingerprint density at radius 3 is 2.62 bits per heavy atom. The van der Waals surface area contributed by atoms with Crippen molar-refractivity contribution < 1.29 is 14.7 Å². The fourth-order valence-electron chi connectivity index (χ4n) is 3.20. The fraction of sp³-hybridized carbons (Fsp3) is 0.500. The molecule has 0 spiro atoms. The third-order valence-corrected chi connectivity index (χ3v) is 5.31. The van der Waals surface area contributed by atoms with Gasteiger partial charge in [0.25, 0.3) is 0 Å². The molecule has 1 saturated carbocycles. The van der Waals surface area contributed by atoms with E-state index in [0.29, 0.717) is 12.8 Å². The molecule has 1 aromatic carbocycles. The van der Waals surface area contributed by atoms with Crippen LogP contribution in [0.3, 0.4) is 0 Å². The molecule has 4 nitrogen and oxygen atoms in total. The van der Waals surface area contributed by atoms with Crippen LogP contribution < -0.4 is 0 Å². The summed E-state index contributed by atoms with van der Waals surface area (Å²) in [4.78, 5) is 25.8. The van der Waals surface area contributed by atoms with E-state index in [-0.39, 0.29) is 18.0 Å². The summed E-state index contributed by atoms with van der Waals surface area (Å²) in [5, 5.41) is 9.55. The van der Waals surface area contributed by atoms with Gasteiger partial charge in [0.2, 0.25) is 5.91 Å². The van der Waals surface area contributed by atoms with Gasteiger partial charge in [-0.1, -0.05) is 28.1 Å². The summed E-state index contributed by atoms with van der Waals surface area (Å²) < 4.78 is 0.998. The van der Waals surface area contributed by atoms with E-state index in [1.807, 2.05) is 30.0 Å². The molecule has 2 fully saturated rings. The average molecular weight is 352 g/mol. The van der Waals surface area contributed by atoms with Gasteiger partial charge >= 0.3 is 5.97 Å². The smallest absolute Gasteiger partial charge is 0.308 e. The molecule has 1 heterocycles. The molecule has 1 N–H and O–H groups in total. The van der Waals surface area contributed by atoms with Crippen LogP contribution in [0.2, 0.25) is 0 Å². The quantitative estimate of drug-likeness (QED) is 0.908. The molecule has 2 aliphatic rings. The highest BCUT2D eigenvalue weighted by molar-refractivity contribution is 9.10. The number of carbonyl (C=O) groups excluding carboxylic acids is 1. The zero-order valence-electron chi connectivity index (χ0n) is 11.9. The van der Waals surface area contributed by atoms with Crippen LogP contribution in [-0.4, -0.2) is 27.9 Å². The number of carboxylic acid groups (broad SMARTS) is 1. The van der Waals surface area contributed by atoms with Crippen LogP contribution in [0.25, 0.3) is 0 Å². The molecule has 2 unspecified atom stereocenters. The topological polar surface area (TPSA) is 57.6 Å².